The molecule has 3 rings (SSSR count). The Kier molecular flexibility index (Phi) is 6.16. The van der Waals surface area contributed by atoms with Crippen LogP contribution in [0.25, 0.3) is 0 Å². The number of likely N-dealkylation sites (tertiary alicyclic amines) is 1. The van der Waals surface area contributed by atoms with Gasteiger partial charge in [-0.25, -0.2) is 0 Å². The molecule has 0 unspecified atom stereocenters. The molecular formula is C21H27Cl2NO4. The molecule has 2 aliphatic rings. The highest BCUT2D eigenvalue weighted by atomic mass is 35.5. The maximum Gasteiger partial charge on any atom is 0.305 e. The van der Waals surface area contributed by atoms with Crippen molar-refractivity contribution in [1.82, 2.24) is 4.90 Å². The Balaban J connectivity index is 1.54. The van der Waals surface area contributed by atoms with E-state index in [2.05, 4.69) is 0 Å². The molecule has 28 heavy (non-hydrogen) atoms. The fourth-order valence-electron chi connectivity index (χ4n) is 3.72. The molecule has 0 radical (unpaired) electrons. The number of hydrogen-bond acceptors (Lipinski definition) is 4. The third-order valence-corrected chi connectivity index (χ3v) is 6.42. The Morgan fingerprint density at radius 1 is 1.18 bits per heavy atom. The monoisotopic (exact) mass is 427 g/mol. The molecule has 1 aliphatic heterocycles. The van der Waals surface area contributed by atoms with Gasteiger partial charge in [-0.05, 0) is 56.7 Å². The number of piperidine rings is 1. The van der Waals surface area contributed by atoms with Gasteiger partial charge >= 0.3 is 5.97 Å². The minimum absolute atomic E-state index is 0.0455. The molecule has 1 saturated heterocycles. The number of benzene rings is 1. The van der Waals surface area contributed by atoms with E-state index in [1.54, 1.807) is 13.8 Å². The van der Waals surface area contributed by atoms with Crippen LogP contribution in [0.5, 0.6) is 5.75 Å². The van der Waals surface area contributed by atoms with E-state index in [1.165, 1.54) is 7.11 Å². The third kappa shape index (κ3) is 4.93. The lowest BCUT2D eigenvalue weighted by Gasteiger charge is -2.36. The molecule has 154 valence electrons. The van der Waals surface area contributed by atoms with E-state index >= 15 is 0 Å². The van der Waals surface area contributed by atoms with Gasteiger partial charge in [-0.3, -0.25) is 9.59 Å². The smallest absolute Gasteiger partial charge is 0.305 e. The summed E-state index contributed by atoms with van der Waals surface area (Å²) in [7, 11) is 1.40. The number of esters is 1. The summed E-state index contributed by atoms with van der Waals surface area (Å²) >= 11 is 12.2. The van der Waals surface area contributed by atoms with Crippen molar-refractivity contribution in [2.45, 2.75) is 55.4 Å². The summed E-state index contributed by atoms with van der Waals surface area (Å²) in [5.74, 6) is 0.829. The topological polar surface area (TPSA) is 55.8 Å². The first-order valence-electron chi connectivity index (χ1n) is 9.65. The molecule has 2 fully saturated rings. The minimum Gasteiger partial charge on any atom is -0.478 e. The van der Waals surface area contributed by atoms with Crippen molar-refractivity contribution in [3.05, 3.63) is 29.8 Å². The lowest BCUT2D eigenvalue weighted by Crippen LogP contribution is -2.51. The molecule has 0 spiro atoms. The predicted octanol–water partition coefficient (Wildman–Crippen LogP) is 4.31. The molecule has 0 bridgehead atoms. The largest absolute Gasteiger partial charge is 0.478 e. The lowest BCUT2D eigenvalue weighted by atomic mass is 9.92. The van der Waals surface area contributed by atoms with Crippen LogP contribution in [0.4, 0.5) is 0 Å². The van der Waals surface area contributed by atoms with Gasteiger partial charge in [0.15, 0.2) is 5.60 Å². The van der Waals surface area contributed by atoms with Gasteiger partial charge in [0.05, 0.1) is 7.11 Å². The zero-order valence-electron chi connectivity index (χ0n) is 16.5. The highest BCUT2D eigenvalue weighted by molar-refractivity contribution is 6.51. The summed E-state index contributed by atoms with van der Waals surface area (Å²) in [5, 5.41) is 0. The molecule has 1 heterocycles. The standard InChI is InChI=1S/C21H27Cl2NO4/c1-20(2,19(26)24-10-8-14(9-11-24)12-18(25)27-3)28-16-6-4-15(5-7-16)17-13-21(17,22)23/h4-7,14,17H,8-13H2,1-3H3/t17-/m1/s1. The number of carbonyl (C=O) groups excluding carboxylic acids is 2. The Labute approximate surface area is 176 Å². The summed E-state index contributed by atoms with van der Waals surface area (Å²) in [4.78, 5) is 26.2. The maximum absolute atomic E-state index is 13.0. The van der Waals surface area contributed by atoms with E-state index in [0.717, 1.165) is 24.8 Å². The van der Waals surface area contributed by atoms with E-state index in [-0.39, 0.29) is 23.7 Å². The first kappa shape index (κ1) is 21.3. The molecule has 5 nitrogen and oxygen atoms in total. The second kappa shape index (κ2) is 8.11. The Hall–Kier alpha value is -1.46. The Morgan fingerprint density at radius 2 is 1.75 bits per heavy atom. The highest BCUT2D eigenvalue weighted by Gasteiger charge is 2.52. The first-order chi connectivity index (χ1) is 13.1. The fourth-order valence-corrected chi connectivity index (χ4v) is 4.28. The summed E-state index contributed by atoms with van der Waals surface area (Å²) in [6.45, 7) is 4.82. The van der Waals surface area contributed by atoms with Crippen LogP contribution in [0.3, 0.4) is 0 Å². The van der Waals surface area contributed by atoms with Crippen molar-refractivity contribution in [3.8, 4) is 5.75 Å². The maximum atomic E-state index is 13.0. The van der Waals surface area contributed by atoms with Crippen molar-refractivity contribution >= 4 is 35.1 Å². The zero-order valence-corrected chi connectivity index (χ0v) is 18.1. The summed E-state index contributed by atoms with van der Waals surface area (Å²) in [5.41, 5.74) is 0.105. The van der Waals surface area contributed by atoms with Gasteiger partial charge in [0.25, 0.3) is 5.91 Å². The fraction of sp³-hybridized carbons (Fsp3) is 0.619. The van der Waals surface area contributed by atoms with Gasteiger partial charge in [-0.15, -0.1) is 23.2 Å². The van der Waals surface area contributed by atoms with Gasteiger partial charge < -0.3 is 14.4 Å². The summed E-state index contributed by atoms with van der Waals surface area (Å²) in [6.07, 6.45) is 2.76. The van der Waals surface area contributed by atoms with Crippen molar-refractivity contribution < 1.29 is 19.1 Å². The van der Waals surface area contributed by atoms with Crippen LogP contribution in [-0.2, 0) is 14.3 Å². The Bertz CT molecular complexity index is 724. The number of carbonyl (C=O) groups is 2. The molecular weight excluding hydrogens is 401 g/mol. The van der Waals surface area contributed by atoms with Crippen LogP contribution in [0, 0.1) is 5.92 Å². The van der Waals surface area contributed by atoms with Crippen LogP contribution in [0.2, 0.25) is 0 Å². The molecule has 1 saturated carbocycles. The van der Waals surface area contributed by atoms with Crippen molar-refractivity contribution in [3.63, 3.8) is 0 Å². The second-order valence-electron chi connectivity index (χ2n) is 8.21. The molecule has 0 aromatic heterocycles. The molecule has 1 aromatic rings. The van der Waals surface area contributed by atoms with Gasteiger partial charge in [0.2, 0.25) is 0 Å². The summed E-state index contributed by atoms with van der Waals surface area (Å²) in [6, 6.07) is 7.61. The van der Waals surface area contributed by atoms with E-state index in [1.807, 2.05) is 29.2 Å². The number of amides is 1. The number of hydrogen-bond donors (Lipinski definition) is 0. The van der Waals surface area contributed by atoms with E-state index in [9.17, 15) is 9.59 Å². The first-order valence-corrected chi connectivity index (χ1v) is 10.4. The van der Waals surface area contributed by atoms with Crippen LogP contribution in [0.15, 0.2) is 24.3 Å². The highest BCUT2D eigenvalue weighted by Crippen LogP contribution is 2.59. The van der Waals surface area contributed by atoms with Crippen molar-refractivity contribution in [2.75, 3.05) is 20.2 Å². The zero-order chi connectivity index (χ0) is 20.5. The van der Waals surface area contributed by atoms with E-state index in [0.29, 0.717) is 25.3 Å². The second-order valence-corrected chi connectivity index (χ2v) is 9.76. The molecule has 1 atom stereocenters. The molecule has 1 amide bonds. The number of rotatable bonds is 6. The molecule has 1 aromatic carbocycles. The quantitative estimate of drug-likeness (QED) is 0.501. The van der Waals surface area contributed by atoms with Crippen molar-refractivity contribution in [1.29, 1.82) is 0 Å². The van der Waals surface area contributed by atoms with Gasteiger partial charge in [0, 0.05) is 25.4 Å². The van der Waals surface area contributed by atoms with Gasteiger partial charge in [-0.1, -0.05) is 12.1 Å². The molecule has 0 N–H and O–H groups in total. The predicted molar refractivity (Wildman–Crippen MR) is 109 cm³/mol. The van der Waals surface area contributed by atoms with Crippen LogP contribution in [0.1, 0.15) is 51.0 Å². The van der Waals surface area contributed by atoms with Crippen LogP contribution < -0.4 is 4.74 Å². The van der Waals surface area contributed by atoms with Gasteiger partial charge in [0.1, 0.15) is 10.1 Å². The molecule has 1 aliphatic carbocycles. The van der Waals surface area contributed by atoms with E-state index in [4.69, 9.17) is 32.7 Å². The number of alkyl halides is 2. The van der Waals surface area contributed by atoms with Crippen molar-refractivity contribution in [2.24, 2.45) is 5.92 Å². The minimum atomic E-state index is -0.973. The summed E-state index contributed by atoms with van der Waals surface area (Å²) < 4.78 is 10.1. The normalized spacial score (nSPS) is 21.9. The SMILES string of the molecule is COC(=O)CC1CCN(C(=O)C(C)(C)Oc2ccc([C@H]3CC3(Cl)Cl)cc2)CC1. The Morgan fingerprint density at radius 3 is 2.25 bits per heavy atom. The van der Waals surface area contributed by atoms with Crippen LogP contribution in [-0.4, -0.2) is 46.9 Å². The number of methoxy groups -OCH3 is 1. The van der Waals surface area contributed by atoms with Gasteiger partial charge in [-0.2, -0.15) is 0 Å². The molecule has 7 heteroatoms. The number of halogens is 2. The number of ether oxygens (including phenoxy) is 2. The lowest BCUT2D eigenvalue weighted by molar-refractivity contribution is -0.147. The average Bonchev–Trinajstić information content (AvgIpc) is 3.30. The van der Waals surface area contributed by atoms with Crippen LogP contribution >= 0.6 is 23.2 Å². The third-order valence-electron chi connectivity index (χ3n) is 5.58. The number of nitrogens with zero attached hydrogens (tertiary/aromatic N) is 1. The van der Waals surface area contributed by atoms with E-state index < -0.39 is 9.93 Å². The average molecular weight is 428 g/mol.